The molecule has 0 atom stereocenters. The van der Waals surface area contributed by atoms with Gasteiger partial charge in [-0.15, -0.1) is 6.58 Å². The van der Waals surface area contributed by atoms with Crippen molar-refractivity contribution in [1.29, 1.82) is 0 Å². The minimum absolute atomic E-state index is 0.246. The highest BCUT2D eigenvalue weighted by Crippen LogP contribution is 2.42. The van der Waals surface area contributed by atoms with E-state index < -0.39 is 5.92 Å². The number of rotatable bonds is 3. The molecule has 0 bridgehead atoms. The third-order valence-electron chi connectivity index (χ3n) is 3.00. The normalized spacial score (nSPS) is 10.6. The summed E-state index contributed by atoms with van der Waals surface area (Å²) in [6.07, 6.45) is 1.52. The van der Waals surface area contributed by atoms with Crippen LogP contribution in [0.2, 0.25) is 0 Å². The fourth-order valence-electron chi connectivity index (χ4n) is 2.02. The molecule has 4 nitrogen and oxygen atoms in total. The van der Waals surface area contributed by atoms with Crippen molar-refractivity contribution in [2.45, 2.75) is 5.92 Å². The van der Waals surface area contributed by atoms with E-state index in [2.05, 4.69) is 6.58 Å². The third-order valence-corrected chi connectivity index (χ3v) is 3.00. The lowest BCUT2D eigenvalue weighted by Crippen LogP contribution is -1.98. The molecule has 0 saturated carbocycles. The first-order valence-electron chi connectivity index (χ1n) is 5.70. The fourth-order valence-corrected chi connectivity index (χ4v) is 2.02. The molecular weight excluding hydrogens is 244 g/mol. The van der Waals surface area contributed by atoms with Crippen molar-refractivity contribution in [3.8, 4) is 23.0 Å². The van der Waals surface area contributed by atoms with Gasteiger partial charge in [0.1, 0.15) is 0 Å². The Kier molecular flexibility index (Phi) is 3.33. The van der Waals surface area contributed by atoms with Gasteiger partial charge in [0.15, 0.2) is 23.0 Å². The summed E-state index contributed by atoms with van der Waals surface area (Å²) in [7, 11) is 0. The van der Waals surface area contributed by atoms with Crippen LogP contribution in [0.3, 0.4) is 0 Å². The summed E-state index contributed by atoms with van der Waals surface area (Å²) in [6, 6.07) is 9.12. The van der Waals surface area contributed by atoms with Crippen molar-refractivity contribution >= 4 is 0 Å². The molecule has 0 heterocycles. The minimum atomic E-state index is -0.542. The van der Waals surface area contributed by atoms with Gasteiger partial charge in [-0.3, -0.25) is 0 Å². The number of benzene rings is 2. The van der Waals surface area contributed by atoms with E-state index in [1.165, 1.54) is 18.2 Å². The average Bonchev–Trinajstić information content (AvgIpc) is 2.40. The summed E-state index contributed by atoms with van der Waals surface area (Å²) in [5, 5.41) is 38.8. The molecule has 2 rings (SSSR count). The Hall–Kier alpha value is -2.62. The van der Waals surface area contributed by atoms with Crippen molar-refractivity contribution in [2.24, 2.45) is 0 Å². The third kappa shape index (κ3) is 2.20. The van der Waals surface area contributed by atoms with Crippen LogP contribution in [0.25, 0.3) is 0 Å². The minimum Gasteiger partial charge on any atom is -0.504 e. The second-order valence-corrected chi connectivity index (χ2v) is 4.14. The van der Waals surface area contributed by atoms with E-state index in [9.17, 15) is 20.4 Å². The standard InChI is InChI=1S/C15H14O4/c1-2-9(10-5-3-7-12(16)14(10)18)11-6-4-8-13(17)15(11)19/h2-9,16-19H,1H2. The van der Waals surface area contributed by atoms with Gasteiger partial charge in [0.2, 0.25) is 0 Å². The zero-order valence-corrected chi connectivity index (χ0v) is 10.1. The van der Waals surface area contributed by atoms with Crippen molar-refractivity contribution in [3.63, 3.8) is 0 Å². The highest BCUT2D eigenvalue weighted by Gasteiger charge is 2.20. The number of aromatic hydroxyl groups is 4. The van der Waals surface area contributed by atoms with Crippen molar-refractivity contribution < 1.29 is 20.4 Å². The maximum absolute atomic E-state index is 9.88. The van der Waals surface area contributed by atoms with Gasteiger partial charge in [-0.1, -0.05) is 30.3 Å². The Morgan fingerprint density at radius 1 is 0.789 bits per heavy atom. The van der Waals surface area contributed by atoms with Crippen LogP contribution in [-0.2, 0) is 0 Å². The van der Waals surface area contributed by atoms with Gasteiger partial charge < -0.3 is 20.4 Å². The van der Waals surface area contributed by atoms with Crippen LogP contribution in [0.5, 0.6) is 23.0 Å². The molecule has 2 aromatic rings. The van der Waals surface area contributed by atoms with Gasteiger partial charge in [-0.2, -0.15) is 0 Å². The van der Waals surface area contributed by atoms with Crippen LogP contribution in [0.1, 0.15) is 17.0 Å². The molecule has 0 radical (unpaired) electrons. The lowest BCUT2D eigenvalue weighted by Gasteiger charge is -2.17. The van der Waals surface area contributed by atoms with E-state index in [-0.39, 0.29) is 23.0 Å². The van der Waals surface area contributed by atoms with Gasteiger partial charge in [0.05, 0.1) is 0 Å². The van der Waals surface area contributed by atoms with Crippen molar-refractivity contribution in [2.75, 3.05) is 0 Å². The summed E-state index contributed by atoms with van der Waals surface area (Å²) in [5.74, 6) is -1.57. The van der Waals surface area contributed by atoms with E-state index >= 15 is 0 Å². The van der Waals surface area contributed by atoms with Gasteiger partial charge in [0.25, 0.3) is 0 Å². The molecule has 4 heteroatoms. The molecule has 0 fully saturated rings. The van der Waals surface area contributed by atoms with E-state index in [0.717, 1.165) is 0 Å². The number of hydrogen-bond donors (Lipinski definition) is 4. The topological polar surface area (TPSA) is 80.9 Å². The number of para-hydroxylation sites is 2. The van der Waals surface area contributed by atoms with Gasteiger partial charge in [-0.05, 0) is 12.1 Å². The number of hydrogen-bond acceptors (Lipinski definition) is 4. The second-order valence-electron chi connectivity index (χ2n) is 4.14. The largest absolute Gasteiger partial charge is 0.504 e. The Morgan fingerprint density at radius 2 is 1.21 bits per heavy atom. The van der Waals surface area contributed by atoms with Crippen molar-refractivity contribution in [1.82, 2.24) is 0 Å². The van der Waals surface area contributed by atoms with E-state index in [0.29, 0.717) is 11.1 Å². The predicted molar refractivity (Wildman–Crippen MR) is 71.6 cm³/mol. The Balaban J connectivity index is 2.60. The number of allylic oxidation sites excluding steroid dienone is 1. The van der Waals surface area contributed by atoms with E-state index in [1.54, 1.807) is 24.3 Å². The first-order chi connectivity index (χ1) is 9.06. The molecule has 0 unspecified atom stereocenters. The number of phenolic OH excluding ortho intramolecular Hbond substituents is 4. The summed E-state index contributed by atoms with van der Waals surface area (Å²) < 4.78 is 0. The molecule has 0 spiro atoms. The van der Waals surface area contributed by atoms with Gasteiger partial charge in [-0.25, -0.2) is 0 Å². The zero-order valence-electron chi connectivity index (χ0n) is 10.1. The molecular formula is C15H14O4. The smallest absolute Gasteiger partial charge is 0.161 e. The Labute approximate surface area is 110 Å². The molecule has 0 amide bonds. The molecule has 0 aliphatic rings. The summed E-state index contributed by atoms with van der Waals surface area (Å²) in [5.41, 5.74) is 0.798. The maximum atomic E-state index is 9.88. The van der Waals surface area contributed by atoms with Crippen LogP contribution in [0, 0.1) is 0 Å². The monoisotopic (exact) mass is 258 g/mol. The molecule has 0 aromatic heterocycles. The summed E-state index contributed by atoms with van der Waals surface area (Å²) >= 11 is 0. The van der Waals surface area contributed by atoms with Crippen molar-refractivity contribution in [3.05, 3.63) is 60.2 Å². The molecule has 0 saturated heterocycles. The van der Waals surface area contributed by atoms with E-state index in [1.807, 2.05) is 0 Å². The van der Waals surface area contributed by atoms with Gasteiger partial charge in [0, 0.05) is 17.0 Å². The van der Waals surface area contributed by atoms with Crippen LogP contribution in [0.15, 0.2) is 49.1 Å². The SMILES string of the molecule is C=CC(c1cccc(O)c1O)c1cccc(O)c1O. The van der Waals surface area contributed by atoms with Gasteiger partial charge >= 0.3 is 0 Å². The van der Waals surface area contributed by atoms with E-state index in [4.69, 9.17) is 0 Å². The summed E-state index contributed by atoms with van der Waals surface area (Å²) in [6.45, 7) is 3.67. The van der Waals surface area contributed by atoms with Crippen LogP contribution in [0.4, 0.5) is 0 Å². The quantitative estimate of drug-likeness (QED) is 0.504. The Morgan fingerprint density at radius 3 is 1.58 bits per heavy atom. The van der Waals surface area contributed by atoms with Crippen LogP contribution < -0.4 is 0 Å². The highest BCUT2D eigenvalue weighted by molar-refractivity contribution is 5.55. The predicted octanol–water partition coefficient (Wildman–Crippen LogP) is 2.83. The maximum Gasteiger partial charge on any atom is 0.161 e. The zero-order chi connectivity index (χ0) is 14.0. The molecule has 0 aliphatic carbocycles. The molecule has 2 aromatic carbocycles. The second kappa shape index (κ2) is 4.94. The number of phenols is 4. The Bertz CT molecular complexity index is 568. The average molecular weight is 258 g/mol. The molecule has 4 N–H and O–H groups in total. The molecule has 98 valence electrons. The molecule has 0 aliphatic heterocycles. The van der Waals surface area contributed by atoms with Crippen LogP contribution in [-0.4, -0.2) is 20.4 Å². The first-order valence-corrected chi connectivity index (χ1v) is 5.70. The molecule has 19 heavy (non-hydrogen) atoms. The lowest BCUT2D eigenvalue weighted by atomic mass is 9.89. The first kappa shape index (κ1) is 12.8. The highest BCUT2D eigenvalue weighted by atomic mass is 16.3. The van der Waals surface area contributed by atoms with Crippen LogP contribution >= 0.6 is 0 Å². The lowest BCUT2D eigenvalue weighted by molar-refractivity contribution is 0.393. The fraction of sp³-hybridized carbons (Fsp3) is 0.0667. The summed E-state index contributed by atoms with van der Waals surface area (Å²) in [4.78, 5) is 0.